The molecule has 1 heterocycles. The molecule has 3 rings (SSSR count). The molecule has 0 radical (unpaired) electrons. The van der Waals surface area contributed by atoms with E-state index in [-0.39, 0.29) is 39.4 Å². The Hall–Kier alpha value is -2.59. The first-order valence-corrected chi connectivity index (χ1v) is 10.8. The van der Waals surface area contributed by atoms with Gasteiger partial charge in [0.25, 0.3) is 15.9 Å². The van der Waals surface area contributed by atoms with Gasteiger partial charge in [-0.15, -0.1) is 0 Å². The van der Waals surface area contributed by atoms with Crippen LogP contribution in [0.1, 0.15) is 6.92 Å². The number of fused-ring (bicyclic) bond motifs is 1. The zero-order chi connectivity index (χ0) is 18.9. The van der Waals surface area contributed by atoms with E-state index in [0.29, 0.717) is 5.75 Å². The van der Waals surface area contributed by atoms with Crippen LogP contribution in [0.5, 0.6) is 5.75 Å². The van der Waals surface area contributed by atoms with E-state index in [1.54, 1.807) is 0 Å². The average molecular weight is 396 g/mol. The third kappa shape index (κ3) is 3.65. The minimum absolute atomic E-state index is 0.0407. The molecule has 0 aliphatic carbocycles. The second-order valence-corrected chi connectivity index (χ2v) is 9.49. The van der Waals surface area contributed by atoms with Crippen LogP contribution in [0.3, 0.4) is 0 Å². The second-order valence-electron chi connectivity index (χ2n) is 5.53. The minimum atomic E-state index is -3.92. The summed E-state index contributed by atoms with van der Waals surface area (Å²) in [4.78, 5) is 11.4. The Labute approximate surface area is 151 Å². The van der Waals surface area contributed by atoms with E-state index in [0.717, 1.165) is 0 Å². The zero-order valence-corrected chi connectivity index (χ0v) is 15.4. The predicted octanol–water partition coefficient (Wildman–Crippen LogP) is 1.61. The number of sulfone groups is 1. The first-order valence-electron chi connectivity index (χ1n) is 7.63. The van der Waals surface area contributed by atoms with Crippen molar-refractivity contribution in [1.82, 2.24) is 0 Å². The van der Waals surface area contributed by atoms with Crippen LogP contribution >= 0.6 is 0 Å². The molecule has 0 saturated heterocycles. The monoisotopic (exact) mass is 396 g/mol. The van der Waals surface area contributed by atoms with Crippen molar-refractivity contribution in [1.29, 1.82) is 0 Å². The van der Waals surface area contributed by atoms with Gasteiger partial charge in [-0.1, -0.05) is 6.92 Å². The van der Waals surface area contributed by atoms with E-state index in [9.17, 15) is 21.6 Å². The van der Waals surface area contributed by atoms with Crippen molar-refractivity contribution in [3.05, 3.63) is 42.5 Å². The van der Waals surface area contributed by atoms with E-state index in [4.69, 9.17) is 4.74 Å². The number of carbonyl (C=O) groups is 1. The standard InChI is InChI=1S/C16H16N2O6S2/c1-2-25(20,21)12-5-3-11(4-6-12)18-26(22,23)13-7-8-15-14(9-13)17-16(19)10-24-15/h3-9,18H,2,10H2,1H3,(H,17,19). The maximum Gasteiger partial charge on any atom is 0.262 e. The van der Waals surface area contributed by atoms with Crippen molar-refractivity contribution in [3.63, 3.8) is 0 Å². The van der Waals surface area contributed by atoms with Gasteiger partial charge in [0.2, 0.25) is 0 Å². The van der Waals surface area contributed by atoms with Gasteiger partial charge in [-0.3, -0.25) is 9.52 Å². The summed E-state index contributed by atoms with van der Waals surface area (Å²) < 4.78 is 56.2. The largest absolute Gasteiger partial charge is 0.482 e. The molecular formula is C16H16N2O6S2. The van der Waals surface area contributed by atoms with E-state index in [1.807, 2.05) is 0 Å². The third-order valence-corrected chi connectivity index (χ3v) is 6.87. The molecule has 26 heavy (non-hydrogen) atoms. The predicted molar refractivity (Wildman–Crippen MR) is 95.5 cm³/mol. The SMILES string of the molecule is CCS(=O)(=O)c1ccc(NS(=O)(=O)c2ccc3c(c2)NC(=O)CO3)cc1. The summed E-state index contributed by atoms with van der Waals surface area (Å²) in [5.74, 6) is -0.0218. The highest BCUT2D eigenvalue weighted by atomic mass is 32.2. The summed E-state index contributed by atoms with van der Waals surface area (Å²) in [5, 5.41) is 2.54. The highest BCUT2D eigenvalue weighted by Gasteiger charge is 2.21. The molecular weight excluding hydrogens is 380 g/mol. The summed E-state index contributed by atoms with van der Waals surface area (Å²) >= 11 is 0. The highest BCUT2D eigenvalue weighted by molar-refractivity contribution is 7.92. The molecule has 0 saturated carbocycles. The number of nitrogens with one attached hydrogen (secondary N) is 2. The number of amides is 1. The van der Waals surface area contributed by atoms with Crippen LogP contribution in [0.15, 0.2) is 52.3 Å². The third-order valence-electron chi connectivity index (χ3n) is 3.74. The molecule has 2 N–H and O–H groups in total. The van der Waals surface area contributed by atoms with E-state index < -0.39 is 19.9 Å². The Balaban J connectivity index is 1.85. The summed E-state index contributed by atoms with van der Waals surface area (Å²) in [6.07, 6.45) is 0. The second kappa shape index (κ2) is 6.61. The number of rotatable bonds is 5. The number of carbonyl (C=O) groups excluding carboxylic acids is 1. The molecule has 2 aromatic rings. The lowest BCUT2D eigenvalue weighted by Gasteiger charge is -2.18. The molecule has 0 spiro atoms. The molecule has 1 amide bonds. The molecule has 1 aliphatic heterocycles. The van der Waals surface area contributed by atoms with Crippen LogP contribution in [0.25, 0.3) is 0 Å². The lowest BCUT2D eigenvalue weighted by atomic mass is 10.2. The van der Waals surface area contributed by atoms with Gasteiger partial charge >= 0.3 is 0 Å². The average Bonchev–Trinajstić information content (AvgIpc) is 2.61. The molecule has 8 nitrogen and oxygen atoms in total. The Bertz CT molecular complexity index is 1060. The Morgan fingerprint density at radius 3 is 2.35 bits per heavy atom. The van der Waals surface area contributed by atoms with Gasteiger partial charge in [0, 0.05) is 5.69 Å². The maximum atomic E-state index is 12.5. The van der Waals surface area contributed by atoms with Gasteiger partial charge in [0.1, 0.15) is 5.75 Å². The molecule has 0 bridgehead atoms. The number of hydrogen-bond donors (Lipinski definition) is 2. The summed E-state index contributed by atoms with van der Waals surface area (Å²) in [6.45, 7) is 1.41. The molecule has 138 valence electrons. The number of anilines is 2. The molecule has 1 aliphatic rings. The fourth-order valence-electron chi connectivity index (χ4n) is 2.34. The fourth-order valence-corrected chi connectivity index (χ4v) is 4.31. The van der Waals surface area contributed by atoms with Crippen LogP contribution < -0.4 is 14.8 Å². The van der Waals surface area contributed by atoms with Gasteiger partial charge in [0.05, 0.1) is 21.2 Å². The number of benzene rings is 2. The smallest absolute Gasteiger partial charge is 0.262 e. The first-order chi connectivity index (χ1) is 12.2. The van der Waals surface area contributed by atoms with Crippen molar-refractivity contribution in [3.8, 4) is 5.75 Å². The van der Waals surface area contributed by atoms with Crippen molar-refractivity contribution < 1.29 is 26.4 Å². The topological polar surface area (TPSA) is 119 Å². The van der Waals surface area contributed by atoms with Crippen LogP contribution in [-0.4, -0.2) is 35.1 Å². The Morgan fingerprint density at radius 1 is 1.04 bits per heavy atom. The van der Waals surface area contributed by atoms with Crippen LogP contribution in [0.4, 0.5) is 11.4 Å². The summed E-state index contributed by atoms with van der Waals surface area (Å²) in [7, 11) is -7.28. The Morgan fingerprint density at radius 2 is 1.69 bits per heavy atom. The highest BCUT2D eigenvalue weighted by Crippen LogP contribution is 2.30. The molecule has 0 fully saturated rings. The Kier molecular flexibility index (Phi) is 4.63. The van der Waals surface area contributed by atoms with E-state index >= 15 is 0 Å². The summed E-state index contributed by atoms with van der Waals surface area (Å²) in [5.41, 5.74) is 0.492. The molecule has 0 unspecified atom stereocenters. The normalized spacial score (nSPS) is 14.1. The van der Waals surface area contributed by atoms with Gasteiger partial charge < -0.3 is 10.1 Å². The van der Waals surface area contributed by atoms with E-state index in [1.165, 1.54) is 49.4 Å². The number of sulfonamides is 1. The summed E-state index contributed by atoms with van der Waals surface area (Å²) in [6, 6.07) is 9.56. The zero-order valence-electron chi connectivity index (χ0n) is 13.7. The molecule has 0 aromatic heterocycles. The van der Waals surface area contributed by atoms with Gasteiger partial charge in [-0.2, -0.15) is 0 Å². The van der Waals surface area contributed by atoms with Crippen LogP contribution in [0.2, 0.25) is 0 Å². The van der Waals surface area contributed by atoms with Gasteiger partial charge in [-0.25, -0.2) is 16.8 Å². The molecule has 0 atom stereocenters. The van der Waals surface area contributed by atoms with Crippen molar-refractivity contribution in [2.24, 2.45) is 0 Å². The van der Waals surface area contributed by atoms with Crippen molar-refractivity contribution >= 4 is 37.1 Å². The van der Waals surface area contributed by atoms with Crippen LogP contribution in [-0.2, 0) is 24.7 Å². The lowest BCUT2D eigenvalue weighted by Crippen LogP contribution is -2.25. The minimum Gasteiger partial charge on any atom is -0.482 e. The fraction of sp³-hybridized carbons (Fsp3) is 0.188. The quantitative estimate of drug-likeness (QED) is 0.793. The number of hydrogen-bond acceptors (Lipinski definition) is 6. The van der Waals surface area contributed by atoms with Gasteiger partial charge in [-0.05, 0) is 42.5 Å². The van der Waals surface area contributed by atoms with E-state index in [2.05, 4.69) is 10.0 Å². The van der Waals surface area contributed by atoms with Crippen molar-refractivity contribution in [2.45, 2.75) is 16.7 Å². The van der Waals surface area contributed by atoms with Crippen molar-refractivity contribution in [2.75, 3.05) is 22.4 Å². The van der Waals surface area contributed by atoms with Gasteiger partial charge in [0.15, 0.2) is 16.4 Å². The lowest BCUT2D eigenvalue weighted by molar-refractivity contribution is -0.118. The number of ether oxygens (including phenoxy) is 1. The van der Waals surface area contributed by atoms with Crippen LogP contribution in [0, 0.1) is 0 Å². The molecule has 10 heteroatoms. The first kappa shape index (κ1) is 18.2. The molecule has 2 aromatic carbocycles. The maximum absolute atomic E-state index is 12.5.